The van der Waals surface area contributed by atoms with Gasteiger partial charge in [0.25, 0.3) is 0 Å². The number of anilines is 1. The Labute approximate surface area is 142 Å². The zero-order valence-corrected chi connectivity index (χ0v) is 14.1. The van der Waals surface area contributed by atoms with Crippen LogP contribution in [0.4, 0.5) is 5.82 Å². The van der Waals surface area contributed by atoms with Crippen molar-refractivity contribution in [2.24, 2.45) is 7.05 Å². The van der Waals surface area contributed by atoms with Gasteiger partial charge in [-0.1, -0.05) is 0 Å². The van der Waals surface area contributed by atoms with E-state index in [0.29, 0.717) is 0 Å². The molecular weight excluding hydrogens is 304 g/mol. The molecule has 4 heterocycles. The fraction of sp³-hybridized carbons (Fsp3) is 0.588. The second kappa shape index (κ2) is 6.76. The third kappa shape index (κ3) is 3.21. The van der Waals surface area contributed by atoms with Gasteiger partial charge in [0, 0.05) is 39.4 Å². The van der Waals surface area contributed by atoms with Gasteiger partial charge < -0.3 is 14.2 Å². The van der Waals surface area contributed by atoms with Crippen LogP contribution in [-0.2, 0) is 13.6 Å². The van der Waals surface area contributed by atoms with E-state index in [1.807, 2.05) is 29.9 Å². The summed E-state index contributed by atoms with van der Waals surface area (Å²) in [6.45, 7) is 4.92. The van der Waals surface area contributed by atoms with Crippen molar-refractivity contribution in [3.8, 4) is 5.75 Å². The largest absolute Gasteiger partial charge is 0.485 e. The number of hydrogen-bond donors (Lipinski definition) is 0. The molecule has 2 aromatic rings. The Morgan fingerprint density at radius 1 is 1.25 bits per heavy atom. The fourth-order valence-corrected chi connectivity index (χ4v) is 3.51. The lowest BCUT2D eigenvalue weighted by Gasteiger charge is -2.22. The molecule has 128 valence electrons. The monoisotopic (exact) mass is 328 g/mol. The first-order valence-electron chi connectivity index (χ1n) is 8.71. The normalized spacial score (nSPS) is 21.5. The van der Waals surface area contributed by atoms with Gasteiger partial charge in [-0.15, -0.1) is 10.2 Å². The van der Waals surface area contributed by atoms with Gasteiger partial charge in [0.1, 0.15) is 18.3 Å². The van der Waals surface area contributed by atoms with Crippen molar-refractivity contribution in [1.82, 2.24) is 24.6 Å². The fourth-order valence-electron chi connectivity index (χ4n) is 3.51. The van der Waals surface area contributed by atoms with Crippen LogP contribution in [0.1, 0.15) is 25.1 Å². The predicted octanol–water partition coefficient (Wildman–Crippen LogP) is 1.46. The van der Waals surface area contributed by atoms with Crippen LogP contribution >= 0.6 is 0 Å². The van der Waals surface area contributed by atoms with Crippen LogP contribution in [0.5, 0.6) is 5.75 Å². The molecule has 0 spiro atoms. The molecule has 2 saturated heterocycles. The molecule has 0 bridgehead atoms. The molecule has 2 aromatic heterocycles. The van der Waals surface area contributed by atoms with E-state index in [2.05, 4.69) is 25.0 Å². The van der Waals surface area contributed by atoms with E-state index in [9.17, 15) is 0 Å². The van der Waals surface area contributed by atoms with E-state index in [1.54, 1.807) is 6.33 Å². The molecule has 24 heavy (non-hydrogen) atoms. The topological polar surface area (TPSA) is 59.3 Å². The second-order valence-corrected chi connectivity index (χ2v) is 6.64. The molecule has 1 unspecified atom stereocenters. The molecule has 0 radical (unpaired) electrons. The lowest BCUT2D eigenvalue weighted by atomic mass is 10.3. The van der Waals surface area contributed by atoms with Gasteiger partial charge in [-0.25, -0.2) is 4.98 Å². The molecule has 0 aliphatic carbocycles. The molecule has 0 saturated carbocycles. The highest BCUT2D eigenvalue weighted by Crippen LogP contribution is 2.30. The third-order valence-corrected chi connectivity index (χ3v) is 4.85. The van der Waals surface area contributed by atoms with Gasteiger partial charge in [-0.05, 0) is 31.4 Å². The number of aromatic nitrogens is 4. The Morgan fingerprint density at radius 3 is 2.92 bits per heavy atom. The third-order valence-electron chi connectivity index (χ3n) is 4.85. The summed E-state index contributed by atoms with van der Waals surface area (Å²) in [5, 5.41) is 8.12. The van der Waals surface area contributed by atoms with Gasteiger partial charge in [0.05, 0.1) is 6.54 Å². The van der Waals surface area contributed by atoms with Crippen LogP contribution in [0.15, 0.2) is 24.7 Å². The number of rotatable bonds is 5. The van der Waals surface area contributed by atoms with Crippen LogP contribution in [0.3, 0.4) is 0 Å². The van der Waals surface area contributed by atoms with Gasteiger partial charge in [-0.2, -0.15) is 0 Å². The molecule has 2 aliphatic rings. The number of pyridine rings is 1. The van der Waals surface area contributed by atoms with Crippen LogP contribution in [0.25, 0.3) is 0 Å². The molecule has 4 rings (SSSR count). The van der Waals surface area contributed by atoms with Crippen molar-refractivity contribution in [2.75, 3.05) is 31.1 Å². The maximum absolute atomic E-state index is 6.31. The number of aryl methyl sites for hydroxylation is 1. The van der Waals surface area contributed by atoms with E-state index in [0.717, 1.165) is 56.5 Å². The molecule has 0 amide bonds. The predicted molar refractivity (Wildman–Crippen MR) is 91.0 cm³/mol. The maximum atomic E-state index is 6.31. The van der Waals surface area contributed by atoms with Gasteiger partial charge >= 0.3 is 0 Å². The number of hydrogen-bond acceptors (Lipinski definition) is 6. The van der Waals surface area contributed by atoms with E-state index in [1.165, 1.54) is 12.8 Å². The van der Waals surface area contributed by atoms with Gasteiger partial charge in [0.2, 0.25) is 0 Å². The molecule has 7 nitrogen and oxygen atoms in total. The zero-order chi connectivity index (χ0) is 16.4. The quantitative estimate of drug-likeness (QED) is 0.828. The van der Waals surface area contributed by atoms with Crippen molar-refractivity contribution in [1.29, 1.82) is 0 Å². The van der Waals surface area contributed by atoms with E-state index in [4.69, 9.17) is 4.74 Å². The summed E-state index contributed by atoms with van der Waals surface area (Å²) in [6, 6.07) is 4.01. The van der Waals surface area contributed by atoms with Crippen LogP contribution in [0, 0.1) is 0 Å². The lowest BCUT2D eigenvalue weighted by molar-refractivity contribution is 0.196. The average Bonchev–Trinajstić information content (AvgIpc) is 3.32. The summed E-state index contributed by atoms with van der Waals surface area (Å²) in [7, 11) is 1.98. The Bertz CT molecular complexity index is 681. The molecule has 0 aromatic carbocycles. The van der Waals surface area contributed by atoms with Gasteiger partial charge in [-0.3, -0.25) is 4.90 Å². The Balaban J connectivity index is 1.39. The first kappa shape index (κ1) is 15.4. The summed E-state index contributed by atoms with van der Waals surface area (Å²) < 4.78 is 8.28. The molecule has 1 atom stereocenters. The molecule has 2 fully saturated rings. The summed E-state index contributed by atoms with van der Waals surface area (Å²) >= 11 is 0. The van der Waals surface area contributed by atoms with Crippen molar-refractivity contribution < 1.29 is 4.74 Å². The minimum Gasteiger partial charge on any atom is -0.485 e. The minimum absolute atomic E-state index is 0.212. The zero-order valence-electron chi connectivity index (χ0n) is 14.1. The van der Waals surface area contributed by atoms with Crippen LogP contribution in [0.2, 0.25) is 0 Å². The first-order valence-corrected chi connectivity index (χ1v) is 8.71. The SMILES string of the molecule is Cn1cnnc1CN1CCC(Oc2cccnc2N2CCCC2)C1. The lowest BCUT2D eigenvalue weighted by Crippen LogP contribution is -2.27. The van der Waals surface area contributed by atoms with Gasteiger partial charge in [0.15, 0.2) is 11.6 Å². The highest BCUT2D eigenvalue weighted by molar-refractivity contribution is 5.52. The van der Waals surface area contributed by atoms with Crippen molar-refractivity contribution in [3.63, 3.8) is 0 Å². The average molecular weight is 328 g/mol. The molecule has 7 heteroatoms. The Kier molecular flexibility index (Phi) is 4.34. The highest BCUT2D eigenvalue weighted by Gasteiger charge is 2.27. The number of nitrogens with zero attached hydrogens (tertiary/aromatic N) is 6. The molecule has 2 aliphatic heterocycles. The van der Waals surface area contributed by atoms with E-state index in [-0.39, 0.29) is 6.10 Å². The summed E-state index contributed by atoms with van der Waals surface area (Å²) in [4.78, 5) is 9.27. The summed E-state index contributed by atoms with van der Waals surface area (Å²) in [6.07, 6.45) is 7.33. The van der Waals surface area contributed by atoms with Crippen molar-refractivity contribution >= 4 is 5.82 Å². The van der Waals surface area contributed by atoms with E-state index >= 15 is 0 Å². The van der Waals surface area contributed by atoms with Crippen LogP contribution < -0.4 is 9.64 Å². The Hall–Kier alpha value is -2.15. The maximum Gasteiger partial charge on any atom is 0.171 e. The standard InChI is InChI=1S/C17H24N6O/c1-21-13-19-20-16(21)12-22-10-6-14(11-22)24-15-5-4-7-18-17(15)23-8-2-3-9-23/h4-5,7,13-14H,2-3,6,8-12H2,1H3. The molecule has 0 N–H and O–H groups in total. The summed E-state index contributed by atoms with van der Waals surface area (Å²) in [5.41, 5.74) is 0. The number of ether oxygens (including phenoxy) is 1. The van der Waals surface area contributed by atoms with Crippen LogP contribution in [-0.4, -0.2) is 56.9 Å². The number of likely N-dealkylation sites (tertiary alicyclic amines) is 1. The summed E-state index contributed by atoms with van der Waals surface area (Å²) in [5.74, 6) is 2.92. The Morgan fingerprint density at radius 2 is 2.12 bits per heavy atom. The minimum atomic E-state index is 0.212. The second-order valence-electron chi connectivity index (χ2n) is 6.64. The first-order chi connectivity index (χ1) is 11.8. The van der Waals surface area contributed by atoms with Crippen molar-refractivity contribution in [3.05, 3.63) is 30.5 Å². The van der Waals surface area contributed by atoms with Crippen molar-refractivity contribution in [2.45, 2.75) is 31.9 Å². The van der Waals surface area contributed by atoms with E-state index < -0.39 is 0 Å². The molecular formula is C17H24N6O. The smallest absolute Gasteiger partial charge is 0.171 e. The highest BCUT2D eigenvalue weighted by atomic mass is 16.5.